The van der Waals surface area contributed by atoms with Gasteiger partial charge >= 0.3 is 63.3 Å². The summed E-state index contributed by atoms with van der Waals surface area (Å²) in [5.41, 5.74) is -0.347. The Labute approximate surface area is 443 Å². The van der Waals surface area contributed by atoms with Gasteiger partial charge in [0.15, 0.2) is 0 Å². The average Bonchev–Trinajstić information content (AvgIpc) is 3.28. The molecule has 0 amide bonds. The summed E-state index contributed by atoms with van der Waals surface area (Å²) in [6.45, 7) is 4.90. The molecule has 1 aromatic rings. The Bertz CT molecular complexity index is 1410. The molecule has 0 N–H and O–H groups in total. The summed E-state index contributed by atoms with van der Waals surface area (Å²) in [4.78, 5) is 25.4. The molecule has 0 unspecified atom stereocenters. The summed E-state index contributed by atoms with van der Waals surface area (Å²) in [7, 11) is -4.83. The predicted molar refractivity (Wildman–Crippen MR) is 269 cm³/mol. The van der Waals surface area contributed by atoms with Gasteiger partial charge in [-0.05, 0) is 82.4 Å². The van der Waals surface area contributed by atoms with Gasteiger partial charge in [-0.25, -0.2) is 18.0 Å². The Morgan fingerprint density at radius 2 is 0.677 bits per heavy atom. The Morgan fingerprint density at radius 3 is 0.969 bits per heavy atom. The maximum absolute atomic E-state index is 13.0. The number of rotatable bonds is 47. The minimum Gasteiger partial charge on any atom is -0.744 e. The normalized spacial score (nSPS) is 11.7. The van der Waals surface area contributed by atoms with Crippen LogP contribution in [0.3, 0.4) is 0 Å². The Kier molecular flexibility index (Phi) is 47.6. The van der Waals surface area contributed by atoms with Crippen molar-refractivity contribution < 1.29 is 83.4 Å². The van der Waals surface area contributed by atoms with Crippen LogP contribution in [0.2, 0.25) is 0 Å². The van der Waals surface area contributed by atoms with Crippen molar-refractivity contribution in [3.05, 3.63) is 53.6 Å². The average molecular weight is 954 g/mol. The summed E-state index contributed by atoms with van der Waals surface area (Å²) in [5, 5.41) is 0. The molecule has 65 heavy (non-hydrogen) atoms. The second-order valence-electron chi connectivity index (χ2n) is 18.6. The van der Waals surface area contributed by atoms with Crippen molar-refractivity contribution >= 4 is 22.1 Å². The summed E-state index contributed by atoms with van der Waals surface area (Å²) < 4.78 is 46.0. The van der Waals surface area contributed by atoms with Crippen molar-refractivity contribution in [3.63, 3.8) is 0 Å². The van der Waals surface area contributed by atoms with Crippen LogP contribution in [0, 0.1) is 0 Å². The fourth-order valence-electron chi connectivity index (χ4n) is 8.33. The van der Waals surface area contributed by atoms with Gasteiger partial charge in [0.05, 0.1) is 29.2 Å². The van der Waals surface area contributed by atoms with E-state index in [2.05, 4.69) is 38.2 Å². The van der Waals surface area contributed by atoms with E-state index in [9.17, 15) is 22.6 Å². The monoisotopic (exact) mass is 953 g/mol. The van der Waals surface area contributed by atoms with Crippen LogP contribution >= 0.6 is 0 Å². The van der Waals surface area contributed by atoms with E-state index in [0.717, 1.165) is 76.3 Å². The van der Waals surface area contributed by atoms with Crippen LogP contribution in [-0.4, -0.2) is 38.1 Å². The van der Waals surface area contributed by atoms with Gasteiger partial charge in [0.1, 0.15) is 10.1 Å². The van der Waals surface area contributed by atoms with Crippen LogP contribution in [-0.2, 0) is 19.6 Å². The molecule has 0 bridgehead atoms. The number of esters is 2. The molecule has 0 aliphatic carbocycles. The van der Waals surface area contributed by atoms with Crippen LogP contribution < -0.4 is 51.4 Å². The number of unbranched alkanes of at least 4 members (excludes halogenated alkanes) is 36. The molecule has 0 aliphatic heterocycles. The fourth-order valence-corrected chi connectivity index (χ4v) is 8.83. The van der Waals surface area contributed by atoms with Gasteiger partial charge in [-0.2, -0.15) is 0 Å². The molecule has 9 heteroatoms. The first-order valence-corrected chi connectivity index (χ1v) is 28.5. The third-order valence-electron chi connectivity index (χ3n) is 12.5. The maximum atomic E-state index is 13.0. The van der Waals surface area contributed by atoms with Crippen LogP contribution in [0.1, 0.15) is 291 Å². The first kappa shape index (κ1) is 64.2. The summed E-state index contributed by atoms with van der Waals surface area (Å²) in [6, 6.07) is 3.14. The molecule has 0 fully saturated rings. The molecule has 0 aliphatic rings. The van der Waals surface area contributed by atoms with E-state index in [1.165, 1.54) is 186 Å². The standard InChI is InChI=1S/C56H98O7S.K/c1-3-5-7-9-11-13-15-17-19-21-23-25-27-29-31-33-35-37-39-41-43-45-49-62-55(57)53-48-47-52(64(59,60)61)51-54(53)56(58)63-50-46-44-42-40-38-36-34-32-30-28-26-24-22-20-18-16-14-12-10-8-6-4-2;/h31-34,47-48,51H,3-30,35-46,49-50H2,1-2H3,(H,59,60,61);/q;+1/p-1/b33-31+,34-32+;. The molecule has 1 rings (SSSR count). The number of carbonyl (C=O) groups excluding carboxylic acids is 2. The number of hydrogen-bond acceptors (Lipinski definition) is 7. The summed E-state index contributed by atoms with van der Waals surface area (Å²) >= 11 is 0. The van der Waals surface area contributed by atoms with Crippen molar-refractivity contribution in [3.8, 4) is 0 Å². The van der Waals surface area contributed by atoms with Gasteiger partial charge in [-0.1, -0.05) is 231 Å². The molecule has 0 aromatic heterocycles. The number of benzene rings is 1. The van der Waals surface area contributed by atoms with Gasteiger partial charge in [0.25, 0.3) is 0 Å². The van der Waals surface area contributed by atoms with Crippen molar-refractivity contribution in [1.82, 2.24) is 0 Å². The van der Waals surface area contributed by atoms with Crippen LogP contribution in [0.4, 0.5) is 0 Å². The zero-order valence-corrected chi connectivity index (χ0v) is 46.4. The van der Waals surface area contributed by atoms with Gasteiger partial charge in [0.2, 0.25) is 0 Å². The van der Waals surface area contributed by atoms with Crippen molar-refractivity contribution in [2.24, 2.45) is 0 Å². The molecule has 1 aromatic carbocycles. The third-order valence-corrected chi connectivity index (χ3v) is 13.3. The number of ether oxygens (including phenoxy) is 2. The van der Waals surface area contributed by atoms with E-state index in [1.807, 2.05) is 0 Å². The van der Waals surface area contributed by atoms with Crippen molar-refractivity contribution in [2.75, 3.05) is 13.2 Å². The first-order valence-electron chi connectivity index (χ1n) is 27.0. The minimum atomic E-state index is -4.83. The van der Waals surface area contributed by atoms with Gasteiger partial charge in [0, 0.05) is 0 Å². The number of carbonyl (C=O) groups is 2. The van der Waals surface area contributed by atoms with Gasteiger partial charge in [-0.3, -0.25) is 0 Å². The Balaban J connectivity index is 0.0000410. The molecular formula is C56H97KO7S. The Morgan fingerprint density at radius 1 is 0.415 bits per heavy atom. The van der Waals surface area contributed by atoms with E-state index < -0.39 is 27.0 Å². The maximum Gasteiger partial charge on any atom is 1.00 e. The van der Waals surface area contributed by atoms with Gasteiger partial charge < -0.3 is 14.0 Å². The number of hydrogen-bond donors (Lipinski definition) is 0. The molecule has 0 atom stereocenters. The molecule has 0 spiro atoms. The molecule has 7 nitrogen and oxygen atoms in total. The molecule has 370 valence electrons. The van der Waals surface area contributed by atoms with E-state index in [-0.39, 0.29) is 75.7 Å². The quantitative estimate of drug-likeness (QED) is 0.0210. The molecule has 0 saturated carbocycles. The van der Waals surface area contributed by atoms with E-state index in [4.69, 9.17) is 9.47 Å². The zero-order chi connectivity index (χ0) is 46.4. The molecular weight excluding hydrogens is 856 g/mol. The smallest absolute Gasteiger partial charge is 0.744 e. The second kappa shape index (κ2) is 48.2. The summed E-state index contributed by atoms with van der Waals surface area (Å²) in [5.74, 6) is -1.56. The van der Waals surface area contributed by atoms with Crippen LogP contribution in [0.25, 0.3) is 0 Å². The SMILES string of the molecule is CCCCCCCCCCCCCCC/C=C/CCCCCCCOC(=O)c1ccc(S(=O)(=O)[O-])cc1C(=O)OCCCCCCC/C=C/CCCCCCCCCCCCCCC.[K+]. The van der Waals surface area contributed by atoms with E-state index in [1.54, 1.807) is 0 Å². The van der Waals surface area contributed by atoms with E-state index in [0.29, 0.717) is 12.8 Å². The van der Waals surface area contributed by atoms with Crippen molar-refractivity contribution in [2.45, 2.75) is 276 Å². The van der Waals surface area contributed by atoms with Crippen molar-refractivity contribution in [1.29, 1.82) is 0 Å². The number of allylic oxidation sites excluding steroid dienone is 4. The fraction of sp³-hybridized carbons (Fsp3) is 0.786. The topological polar surface area (TPSA) is 110 Å². The minimum absolute atomic E-state index is 0. The van der Waals surface area contributed by atoms with Crippen LogP contribution in [0.5, 0.6) is 0 Å². The Hall–Kier alpha value is -0.814. The molecule has 0 saturated heterocycles. The first-order chi connectivity index (χ1) is 31.3. The predicted octanol–water partition coefficient (Wildman–Crippen LogP) is 14.7. The second-order valence-corrected chi connectivity index (χ2v) is 19.9. The molecule has 0 heterocycles. The zero-order valence-electron chi connectivity index (χ0n) is 42.5. The summed E-state index contributed by atoms with van der Waals surface area (Å²) in [6.07, 6.45) is 59.6. The molecule has 0 radical (unpaired) electrons. The van der Waals surface area contributed by atoms with Crippen LogP contribution in [0.15, 0.2) is 47.4 Å². The third kappa shape index (κ3) is 40.8. The van der Waals surface area contributed by atoms with E-state index >= 15 is 0 Å². The largest absolute Gasteiger partial charge is 1.00 e. The van der Waals surface area contributed by atoms with Gasteiger partial charge in [-0.15, -0.1) is 0 Å².